The van der Waals surface area contributed by atoms with Crippen molar-refractivity contribution >= 4 is 28.3 Å². The number of carbonyl (C=O) groups excluding carboxylic acids is 1. The maximum atomic E-state index is 13.0. The number of rotatable bonds is 7. The van der Waals surface area contributed by atoms with Crippen LogP contribution in [0.25, 0.3) is 0 Å². The van der Waals surface area contributed by atoms with Gasteiger partial charge in [-0.1, -0.05) is 26.3 Å². The van der Waals surface area contributed by atoms with E-state index in [0.29, 0.717) is 18.7 Å². The van der Waals surface area contributed by atoms with E-state index in [-0.39, 0.29) is 29.3 Å². The summed E-state index contributed by atoms with van der Waals surface area (Å²) in [5.41, 5.74) is 5.73. The highest BCUT2D eigenvalue weighted by Crippen LogP contribution is 2.25. The fourth-order valence-electron chi connectivity index (χ4n) is 3.44. The molecule has 0 radical (unpaired) electrons. The quantitative estimate of drug-likeness (QED) is 0.713. The van der Waals surface area contributed by atoms with Gasteiger partial charge in [-0.3, -0.25) is 4.79 Å². The third kappa shape index (κ3) is 5.22. The van der Waals surface area contributed by atoms with E-state index in [1.54, 1.807) is 22.5 Å². The van der Waals surface area contributed by atoms with Crippen LogP contribution in [0.15, 0.2) is 29.2 Å². The number of sulfonamides is 1. The smallest absolute Gasteiger partial charge is 0.251 e. The first-order valence-corrected chi connectivity index (χ1v) is 10.9. The normalized spacial score (nSPS) is 18.6. The van der Waals surface area contributed by atoms with E-state index in [9.17, 15) is 13.2 Å². The molecule has 0 spiro atoms. The van der Waals surface area contributed by atoms with Crippen LogP contribution >= 0.6 is 12.4 Å². The Labute approximate surface area is 169 Å². The summed E-state index contributed by atoms with van der Waals surface area (Å²) in [6.45, 7) is 6.77. The maximum absolute atomic E-state index is 13.0. The monoisotopic (exact) mass is 417 g/mol. The molecule has 0 aliphatic carbocycles. The number of halogens is 1. The van der Waals surface area contributed by atoms with E-state index in [1.165, 1.54) is 6.07 Å². The SMILES string of the molecule is CCC(CC)(CN)NC(=O)c1cccc(S(=O)(=O)N2CCCCC2C)c1.Cl. The lowest BCUT2D eigenvalue weighted by Crippen LogP contribution is -2.52. The summed E-state index contributed by atoms with van der Waals surface area (Å²) in [5, 5.41) is 2.99. The van der Waals surface area contributed by atoms with Crippen LogP contribution in [0.4, 0.5) is 0 Å². The number of nitrogens with zero attached hydrogens (tertiary/aromatic N) is 1. The second-order valence-corrected chi connectivity index (χ2v) is 9.02. The molecule has 1 amide bonds. The van der Waals surface area contributed by atoms with Crippen molar-refractivity contribution in [3.05, 3.63) is 29.8 Å². The Hall–Kier alpha value is -1.15. The maximum Gasteiger partial charge on any atom is 0.251 e. The molecule has 1 fully saturated rings. The zero-order valence-corrected chi connectivity index (χ0v) is 18.0. The Balaban J connectivity index is 0.00000364. The molecule has 1 aliphatic heterocycles. The van der Waals surface area contributed by atoms with Gasteiger partial charge in [0.25, 0.3) is 5.91 Å². The van der Waals surface area contributed by atoms with Crippen molar-refractivity contribution in [3.63, 3.8) is 0 Å². The molecule has 1 heterocycles. The summed E-state index contributed by atoms with van der Waals surface area (Å²) in [4.78, 5) is 12.9. The Morgan fingerprint density at radius 2 is 1.96 bits per heavy atom. The largest absolute Gasteiger partial charge is 0.345 e. The first-order chi connectivity index (χ1) is 12.3. The van der Waals surface area contributed by atoms with Crippen molar-refractivity contribution in [2.24, 2.45) is 5.73 Å². The zero-order valence-electron chi connectivity index (χ0n) is 16.4. The van der Waals surface area contributed by atoms with Crippen LogP contribution in [0.3, 0.4) is 0 Å². The topological polar surface area (TPSA) is 92.5 Å². The number of hydrogen-bond acceptors (Lipinski definition) is 4. The minimum absolute atomic E-state index is 0. The lowest BCUT2D eigenvalue weighted by molar-refractivity contribution is 0.0895. The summed E-state index contributed by atoms with van der Waals surface area (Å²) in [6.07, 6.45) is 4.22. The van der Waals surface area contributed by atoms with Gasteiger partial charge >= 0.3 is 0 Å². The van der Waals surface area contributed by atoms with Crippen LogP contribution in [-0.4, -0.2) is 43.3 Å². The van der Waals surface area contributed by atoms with Crippen molar-refractivity contribution in [1.82, 2.24) is 9.62 Å². The van der Waals surface area contributed by atoms with Crippen molar-refractivity contribution in [2.75, 3.05) is 13.1 Å². The lowest BCUT2D eigenvalue weighted by atomic mass is 9.92. The fourth-order valence-corrected chi connectivity index (χ4v) is 5.19. The predicted octanol–water partition coefficient (Wildman–Crippen LogP) is 2.92. The van der Waals surface area contributed by atoms with Gasteiger partial charge in [-0.05, 0) is 50.8 Å². The summed E-state index contributed by atoms with van der Waals surface area (Å²) in [7, 11) is -3.60. The van der Waals surface area contributed by atoms with E-state index < -0.39 is 15.6 Å². The highest BCUT2D eigenvalue weighted by atomic mass is 35.5. The van der Waals surface area contributed by atoms with Gasteiger partial charge in [-0.15, -0.1) is 12.4 Å². The van der Waals surface area contributed by atoms with E-state index in [1.807, 2.05) is 20.8 Å². The standard InChI is InChI=1S/C19H31N3O3S.ClH/c1-4-19(5-2,14-20)21-18(23)16-10-8-11-17(13-16)26(24,25)22-12-7-6-9-15(22)3;/h8,10-11,13,15H,4-7,9,12,14,20H2,1-3H3,(H,21,23);1H. The van der Waals surface area contributed by atoms with Gasteiger partial charge in [0.05, 0.1) is 10.4 Å². The van der Waals surface area contributed by atoms with Crippen LogP contribution in [-0.2, 0) is 10.0 Å². The Kier molecular flexibility index (Phi) is 8.73. The van der Waals surface area contributed by atoms with Gasteiger partial charge in [0.1, 0.15) is 0 Å². The summed E-state index contributed by atoms with van der Waals surface area (Å²) < 4.78 is 27.6. The third-order valence-electron chi connectivity index (χ3n) is 5.57. The molecule has 154 valence electrons. The molecule has 8 heteroatoms. The number of amides is 1. The molecule has 1 aliphatic rings. The van der Waals surface area contributed by atoms with E-state index in [0.717, 1.165) is 32.1 Å². The molecule has 0 bridgehead atoms. The number of piperidine rings is 1. The molecule has 1 atom stereocenters. The highest BCUT2D eigenvalue weighted by molar-refractivity contribution is 7.89. The number of benzene rings is 1. The molecule has 3 N–H and O–H groups in total. The summed E-state index contributed by atoms with van der Waals surface area (Å²) in [6, 6.07) is 6.28. The Morgan fingerprint density at radius 1 is 1.30 bits per heavy atom. The molecule has 1 unspecified atom stereocenters. The first-order valence-electron chi connectivity index (χ1n) is 9.44. The number of nitrogens with two attached hydrogens (primary N) is 1. The molecule has 6 nitrogen and oxygen atoms in total. The Bertz CT molecular complexity index is 727. The van der Waals surface area contributed by atoms with Gasteiger partial charge < -0.3 is 11.1 Å². The van der Waals surface area contributed by atoms with Crippen molar-refractivity contribution in [2.45, 2.75) is 69.4 Å². The fraction of sp³-hybridized carbons (Fsp3) is 0.632. The van der Waals surface area contributed by atoms with Gasteiger partial charge in [0.15, 0.2) is 0 Å². The molecule has 1 aromatic carbocycles. The van der Waals surface area contributed by atoms with Crippen LogP contribution in [0.1, 0.15) is 63.2 Å². The number of carbonyl (C=O) groups is 1. The Morgan fingerprint density at radius 3 is 2.52 bits per heavy atom. The van der Waals surface area contributed by atoms with E-state index in [2.05, 4.69) is 5.32 Å². The average Bonchev–Trinajstić information content (AvgIpc) is 2.66. The second-order valence-electron chi connectivity index (χ2n) is 7.13. The van der Waals surface area contributed by atoms with Crippen LogP contribution < -0.4 is 11.1 Å². The second kappa shape index (κ2) is 9.87. The van der Waals surface area contributed by atoms with Crippen molar-refractivity contribution in [1.29, 1.82) is 0 Å². The summed E-state index contributed by atoms with van der Waals surface area (Å²) >= 11 is 0. The lowest BCUT2D eigenvalue weighted by Gasteiger charge is -2.32. The molecule has 0 aromatic heterocycles. The highest BCUT2D eigenvalue weighted by Gasteiger charge is 2.32. The van der Waals surface area contributed by atoms with Crippen LogP contribution in [0.5, 0.6) is 0 Å². The van der Waals surface area contributed by atoms with Crippen molar-refractivity contribution < 1.29 is 13.2 Å². The molecular weight excluding hydrogens is 386 g/mol. The number of hydrogen-bond donors (Lipinski definition) is 2. The van der Waals surface area contributed by atoms with Crippen LogP contribution in [0, 0.1) is 0 Å². The molecule has 0 saturated carbocycles. The van der Waals surface area contributed by atoms with E-state index in [4.69, 9.17) is 5.73 Å². The zero-order chi connectivity index (χ0) is 19.4. The molecule has 1 aromatic rings. The molecule has 2 rings (SSSR count). The van der Waals surface area contributed by atoms with Gasteiger partial charge in [0, 0.05) is 24.7 Å². The minimum Gasteiger partial charge on any atom is -0.345 e. The molecule has 1 saturated heterocycles. The molecule has 27 heavy (non-hydrogen) atoms. The van der Waals surface area contributed by atoms with Gasteiger partial charge in [0.2, 0.25) is 10.0 Å². The van der Waals surface area contributed by atoms with E-state index >= 15 is 0 Å². The van der Waals surface area contributed by atoms with Gasteiger partial charge in [-0.25, -0.2) is 8.42 Å². The van der Waals surface area contributed by atoms with Gasteiger partial charge in [-0.2, -0.15) is 4.31 Å². The minimum atomic E-state index is -3.60. The van der Waals surface area contributed by atoms with Crippen LogP contribution in [0.2, 0.25) is 0 Å². The average molecular weight is 418 g/mol. The number of nitrogens with one attached hydrogen (secondary N) is 1. The van der Waals surface area contributed by atoms with Crippen molar-refractivity contribution in [3.8, 4) is 0 Å². The summed E-state index contributed by atoms with van der Waals surface area (Å²) in [5.74, 6) is -0.289. The molecular formula is C19H32ClN3O3S. The third-order valence-corrected chi connectivity index (χ3v) is 7.58. The predicted molar refractivity (Wildman–Crippen MR) is 111 cm³/mol. The first kappa shape index (κ1) is 23.9.